The van der Waals surface area contributed by atoms with Crippen LogP contribution in [0.2, 0.25) is 0 Å². The standard InChI is InChI=1S/C14H21FN2O2/c1-4-16-14(18)9-19-13-6-5-12(15)7-11(13)8-17-10(2)3/h5-7,10,17H,4,8-9H2,1-3H3,(H,16,18). The van der Waals surface area contributed by atoms with Crippen molar-refractivity contribution in [3.05, 3.63) is 29.6 Å². The van der Waals surface area contributed by atoms with E-state index < -0.39 is 0 Å². The van der Waals surface area contributed by atoms with E-state index in [9.17, 15) is 9.18 Å². The van der Waals surface area contributed by atoms with E-state index in [1.807, 2.05) is 20.8 Å². The van der Waals surface area contributed by atoms with E-state index in [0.29, 0.717) is 30.4 Å². The minimum absolute atomic E-state index is 0.0614. The molecule has 0 aliphatic heterocycles. The van der Waals surface area contributed by atoms with Crippen LogP contribution < -0.4 is 15.4 Å². The van der Waals surface area contributed by atoms with E-state index in [4.69, 9.17) is 4.74 Å². The number of nitrogens with one attached hydrogen (secondary N) is 2. The van der Waals surface area contributed by atoms with Crippen molar-refractivity contribution >= 4 is 5.91 Å². The zero-order chi connectivity index (χ0) is 14.3. The zero-order valence-corrected chi connectivity index (χ0v) is 11.6. The lowest BCUT2D eigenvalue weighted by atomic mass is 10.2. The fourth-order valence-corrected chi connectivity index (χ4v) is 1.53. The van der Waals surface area contributed by atoms with Crippen LogP contribution in [0, 0.1) is 5.82 Å². The average molecular weight is 268 g/mol. The molecule has 4 nitrogen and oxygen atoms in total. The lowest BCUT2D eigenvalue weighted by molar-refractivity contribution is -0.122. The van der Waals surface area contributed by atoms with Gasteiger partial charge < -0.3 is 15.4 Å². The first-order valence-electron chi connectivity index (χ1n) is 6.44. The summed E-state index contributed by atoms with van der Waals surface area (Å²) in [4.78, 5) is 11.3. The Morgan fingerprint density at radius 1 is 1.42 bits per heavy atom. The van der Waals surface area contributed by atoms with Gasteiger partial charge in [-0.05, 0) is 25.1 Å². The van der Waals surface area contributed by atoms with E-state index in [-0.39, 0.29) is 18.3 Å². The fraction of sp³-hybridized carbons (Fsp3) is 0.500. The first-order chi connectivity index (χ1) is 9.02. The van der Waals surface area contributed by atoms with Crippen molar-refractivity contribution in [3.8, 4) is 5.75 Å². The second kappa shape index (κ2) is 7.74. The maximum atomic E-state index is 13.2. The van der Waals surface area contributed by atoms with Gasteiger partial charge in [0.2, 0.25) is 0 Å². The number of ether oxygens (including phenoxy) is 1. The van der Waals surface area contributed by atoms with Crippen molar-refractivity contribution in [1.82, 2.24) is 10.6 Å². The maximum absolute atomic E-state index is 13.2. The van der Waals surface area contributed by atoms with Crippen LogP contribution in [-0.4, -0.2) is 25.1 Å². The van der Waals surface area contributed by atoms with Gasteiger partial charge in [-0.15, -0.1) is 0 Å². The van der Waals surface area contributed by atoms with Crippen LogP contribution in [0.1, 0.15) is 26.3 Å². The van der Waals surface area contributed by atoms with Crippen LogP contribution in [0.3, 0.4) is 0 Å². The molecule has 0 unspecified atom stereocenters. The summed E-state index contributed by atoms with van der Waals surface area (Å²) < 4.78 is 18.6. The number of carbonyl (C=O) groups is 1. The number of amides is 1. The van der Waals surface area contributed by atoms with Gasteiger partial charge in [0.1, 0.15) is 11.6 Å². The number of carbonyl (C=O) groups excluding carboxylic acids is 1. The molecule has 1 aromatic carbocycles. The summed E-state index contributed by atoms with van der Waals surface area (Å²) in [6, 6.07) is 4.58. The van der Waals surface area contributed by atoms with Crippen LogP contribution in [-0.2, 0) is 11.3 Å². The van der Waals surface area contributed by atoms with Gasteiger partial charge in [0.05, 0.1) is 0 Å². The highest BCUT2D eigenvalue weighted by atomic mass is 19.1. The first-order valence-corrected chi connectivity index (χ1v) is 6.44. The Kier molecular flexibility index (Phi) is 6.29. The number of likely N-dealkylation sites (N-methyl/N-ethyl adjacent to an activating group) is 1. The summed E-state index contributed by atoms with van der Waals surface area (Å²) in [5.41, 5.74) is 0.706. The molecule has 106 valence electrons. The summed E-state index contributed by atoms with van der Waals surface area (Å²) in [7, 11) is 0. The predicted octanol–water partition coefficient (Wildman–Crippen LogP) is 1.84. The highest BCUT2D eigenvalue weighted by Gasteiger charge is 2.08. The molecule has 0 atom stereocenters. The van der Waals surface area contributed by atoms with Crippen LogP contribution in [0.4, 0.5) is 4.39 Å². The molecule has 0 heterocycles. The molecule has 2 N–H and O–H groups in total. The van der Waals surface area contributed by atoms with Gasteiger partial charge in [0.15, 0.2) is 6.61 Å². The fourth-order valence-electron chi connectivity index (χ4n) is 1.53. The molecule has 0 aliphatic rings. The second-order valence-corrected chi connectivity index (χ2v) is 4.53. The molecule has 0 aliphatic carbocycles. The van der Waals surface area contributed by atoms with Crippen molar-refractivity contribution in [3.63, 3.8) is 0 Å². The van der Waals surface area contributed by atoms with Gasteiger partial charge in [0, 0.05) is 24.7 Å². The Labute approximate surface area is 113 Å². The maximum Gasteiger partial charge on any atom is 0.257 e. The number of rotatable bonds is 7. The number of benzene rings is 1. The molecule has 0 fully saturated rings. The molecule has 0 saturated carbocycles. The van der Waals surface area contributed by atoms with Gasteiger partial charge in [0.25, 0.3) is 5.91 Å². The molecule has 1 aromatic rings. The lowest BCUT2D eigenvalue weighted by Crippen LogP contribution is -2.29. The molecule has 5 heteroatoms. The molecule has 0 bridgehead atoms. The van der Waals surface area contributed by atoms with Gasteiger partial charge in [-0.25, -0.2) is 4.39 Å². The molecule has 0 spiro atoms. The molecule has 0 aromatic heterocycles. The average Bonchev–Trinajstić information content (AvgIpc) is 2.35. The van der Waals surface area contributed by atoms with E-state index >= 15 is 0 Å². The van der Waals surface area contributed by atoms with Crippen LogP contribution in [0.15, 0.2) is 18.2 Å². The Morgan fingerprint density at radius 3 is 2.79 bits per heavy atom. The third-order valence-corrected chi connectivity index (χ3v) is 2.46. The molecule has 0 radical (unpaired) electrons. The topological polar surface area (TPSA) is 50.4 Å². The van der Waals surface area contributed by atoms with Crippen molar-refractivity contribution in [2.45, 2.75) is 33.4 Å². The molecule has 19 heavy (non-hydrogen) atoms. The van der Waals surface area contributed by atoms with Crippen molar-refractivity contribution < 1.29 is 13.9 Å². The monoisotopic (exact) mass is 268 g/mol. The Balaban J connectivity index is 2.67. The largest absolute Gasteiger partial charge is 0.483 e. The lowest BCUT2D eigenvalue weighted by Gasteiger charge is -2.13. The molecular weight excluding hydrogens is 247 g/mol. The van der Waals surface area contributed by atoms with E-state index in [2.05, 4.69) is 10.6 Å². The van der Waals surface area contributed by atoms with E-state index in [1.165, 1.54) is 12.1 Å². The first kappa shape index (κ1) is 15.4. The van der Waals surface area contributed by atoms with Crippen molar-refractivity contribution in [1.29, 1.82) is 0 Å². The van der Waals surface area contributed by atoms with Gasteiger partial charge >= 0.3 is 0 Å². The number of halogens is 1. The van der Waals surface area contributed by atoms with E-state index in [0.717, 1.165) is 0 Å². The Morgan fingerprint density at radius 2 is 2.16 bits per heavy atom. The van der Waals surface area contributed by atoms with Crippen LogP contribution in [0.25, 0.3) is 0 Å². The van der Waals surface area contributed by atoms with Crippen molar-refractivity contribution in [2.75, 3.05) is 13.2 Å². The van der Waals surface area contributed by atoms with Crippen LogP contribution >= 0.6 is 0 Å². The molecule has 1 amide bonds. The van der Waals surface area contributed by atoms with E-state index in [1.54, 1.807) is 6.07 Å². The summed E-state index contributed by atoms with van der Waals surface area (Å²) >= 11 is 0. The number of hydrogen-bond donors (Lipinski definition) is 2. The summed E-state index contributed by atoms with van der Waals surface area (Å²) in [5, 5.41) is 5.84. The number of hydrogen-bond acceptors (Lipinski definition) is 3. The van der Waals surface area contributed by atoms with Gasteiger partial charge in [-0.3, -0.25) is 4.79 Å². The summed E-state index contributed by atoms with van der Waals surface area (Å²) in [6.45, 7) is 6.86. The molecule has 0 saturated heterocycles. The minimum atomic E-state index is -0.314. The Hall–Kier alpha value is -1.62. The predicted molar refractivity (Wildman–Crippen MR) is 72.6 cm³/mol. The highest BCUT2D eigenvalue weighted by Crippen LogP contribution is 2.19. The smallest absolute Gasteiger partial charge is 0.257 e. The SMILES string of the molecule is CCNC(=O)COc1ccc(F)cc1CNC(C)C. The highest BCUT2D eigenvalue weighted by molar-refractivity contribution is 5.77. The second-order valence-electron chi connectivity index (χ2n) is 4.53. The third kappa shape index (κ3) is 5.70. The van der Waals surface area contributed by atoms with Gasteiger partial charge in [-0.1, -0.05) is 13.8 Å². The van der Waals surface area contributed by atoms with Crippen LogP contribution in [0.5, 0.6) is 5.75 Å². The zero-order valence-electron chi connectivity index (χ0n) is 11.6. The van der Waals surface area contributed by atoms with Crippen molar-refractivity contribution in [2.24, 2.45) is 0 Å². The summed E-state index contributed by atoms with van der Waals surface area (Å²) in [5.74, 6) is 0.0290. The quantitative estimate of drug-likeness (QED) is 0.793. The normalized spacial score (nSPS) is 10.6. The Bertz CT molecular complexity index is 422. The summed E-state index contributed by atoms with van der Waals surface area (Å²) in [6.07, 6.45) is 0. The molecular formula is C14H21FN2O2. The van der Waals surface area contributed by atoms with Gasteiger partial charge in [-0.2, -0.15) is 0 Å². The minimum Gasteiger partial charge on any atom is -0.483 e. The third-order valence-electron chi connectivity index (χ3n) is 2.46. The molecule has 1 rings (SSSR count).